The van der Waals surface area contributed by atoms with Gasteiger partial charge < -0.3 is 14.6 Å². The second kappa shape index (κ2) is 6.77. The van der Waals surface area contributed by atoms with Gasteiger partial charge in [0, 0.05) is 4.47 Å². The summed E-state index contributed by atoms with van der Waals surface area (Å²) in [6.45, 7) is 2.48. The first kappa shape index (κ1) is 14.9. The van der Waals surface area contributed by atoms with E-state index in [1.165, 1.54) is 5.56 Å². The number of ether oxygens (including phenoxy) is 2. The molecule has 2 rings (SSSR count). The third-order valence-electron chi connectivity index (χ3n) is 2.98. The fourth-order valence-corrected chi connectivity index (χ4v) is 2.38. The highest BCUT2D eigenvalue weighted by Gasteiger charge is 2.10. The predicted molar refractivity (Wildman–Crippen MR) is 82.1 cm³/mol. The molecule has 0 atom stereocenters. The standard InChI is InChI=1S/C16H17BrO3/c1-11-4-3-5-12(6-11)10-20-16-8-14(17)13(9-18)7-15(16)19-2/h3-8,18H,9-10H2,1-2H3. The molecule has 0 fully saturated rings. The molecule has 0 aliphatic rings. The predicted octanol–water partition coefficient (Wildman–Crippen LogP) is 3.84. The number of benzene rings is 2. The minimum Gasteiger partial charge on any atom is -0.493 e. The molecule has 0 aliphatic carbocycles. The summed E-state index contributed by atoms with van der Waals surface area (Å²) < 4.78 is 11.9. The molecule has 0 bridgehead atoms. The molecule has 0 spiro atoms. The molecule has 0 amide bonds. The number of hydrogen-bond donors (Lipinski definition) is 1. The molecule has 0 heterocycles. The number of rotatable bonds is 5. The van der Waals surface area contributed by atoms with Crippen LogP contribution in [0.2, 0.25) is 0 Å². The topological polar surface area (TPSA) is 38.7 Å². The minimum atomic E-state index is -0.0465. The van der Waals surface area contributed by atoms with Crippen molar-refractivity contribution < 1.29 is 14.6 Å². The normalized spacial score (nSPS) is 10.4. The van der Waals surface area contributed by atoms with Crippen molar-refractivity contribution >= 4 is 15.9 Å². The van der Waals surface area contributed by atoms with Crippen LogP contribution in [0.5, 0.6) is 11.5 Å². The van der Waals surface area contributed by atoms with Gasteiger partial charge in [-0.25, -0.2) is 0 Å². The quantitative estimate of drug-likeness (QED) is 0.901. The molecule has 3 nitrogen and oxygen atoms in total. The summed E-state index contributed by atoms with van der Waals surface area (Å²) in [5, 5.41) is 9.24. The Morgan fingerprint density at radius 1 is 1.15 bits per heavy atom. The first-order valence-electron chi connectivity index (χ1n) is 6.29. The second-order valence-electron chi connectivity index (χ2n) is 4.53. The highest BCUT2D eigenvalue weighted by atomic mass is 79.9. The molecular formula is C16H17BrO3. The fraction of sp³-hybridized carbons (Fsp3) is 0.250. The van der Waals surface area contributed by atoms with Crippen molar-refractivity contribution in [3.63, 3.8) is 0 Å². The molecule has 0 radical (unpaired) electrons. The van der Waals surface area contributed by atoms with Gasteiger partial charge in [-0.15, -0.1) is 0 Å². The molecule has 20 heavy (non-hydrogen) atoms. The SMILES string of the molecule is COc1cc(CO)c(Br)cc1OCc1cccc(C)c1. The van der Waals surface area contributed by atoms with E-state index in [0.29, 0.717) is 18.1 Å². The maximum atomic E-state index is 9.24. The molecular weight excluding hydrogens is 320 g/mol. The third kappa shape index (κ3) is 3.52. The molecule has 2 aromatic carbocycles. The summed E-state index contributed by atoms with van der Waals surface area (Å²) in [7, 11) is 1.59. The highest BCUT2D eigenvalue weighted by molar-refractivity contribution is 9.10. The zero-order valence-corrected chi connectivity index (χ0v) is 13.1. The van der Waals surface area contributed by atoms with E-state index >= 15 is 0 Å². The van der Waals surface area contributed by atoms with Crippen molar-refractivity contribution in [2.24, 2.45) is 0 Å². The lowest BCUT2D eigenvalue weighted by molar-refractivity contribution is 0.273. The second-order valence-corrected chi connectivity index (χ2v) is 5.38. The first-order valence-corrected chi connectivity index (χ1v) is 7.09. The van der Waals surface area contributed by atoms with Gasteiger partial charge in [-0.05, 0) is 30.2 Å². The number of hydrogen-bond acceptors (Lipinski definition) is 3. The van der Waals surface area contributed by atoms with Gasteiger partial charge in [0.05, 0.1) is 13.7 Å². The van der Waals surface area contributed by atoms with Crippen LogP contribution >= 0.6 is 15.9 Å². The van der Waals surface area contributed by atoms with E-state index in [0.717, 1.165) is 15.6 Å². The lowest BCUT2D eigenvalue weighted by Gasteiger charge is -2.13. The van der Waals surface area contributed by atoms with Gasteiger partial charge in [-0.1, -0.05) is 45.8 Å². The van der Waals surface area contributed by atoms with Crippen LogP contribution in [-0.4, -0.2) is 12.2 Å². The maximum Gasteiger partial charge on any atom is 0.162 e. The van der Waals surface area contributed by atoms with Gasteiger partial charge in [-0.2, -0.15) is 0 Å². The Labute approximate surface area is 127 Å². The van der Waals surface area contributed by atoms with Crippen molar-refractivity contribution in [1.82, 2.24) is 0 Å². The van der Waals surface area contributed by atoms with Crippen LogP contribution in [0.1, 0.15) is 16.7 Å². The Balaban J connectivity index is 2.18. The van der Waals surface area contributed by atoms with Gasteiger partial charge in [0.2, 0.25) is 0 Å². The van der Waals surface area contributed by atoms with Gasteiger partial charge in [0.25, 0.3) is 0 Å². The minimum absolute atomic E-state index is 0.0465. The van der Waals surface area contributed by atoms with Gasteiger partial charge in [-0.3, -0.25) is 0 Å². The summed E-state index contributed by atoms with van der Waals surface area (Å²) in [6.07, 6.45) is 0. The van der Waals surface area contributed by atoms with E-state index < -0.39 is 0 Å². The van der Waals surface area contributed by atoms with Gasteiger partial charge in [0.1, 0.15) is 6.61 Å². The molecule has 0 aromatic heterocycles. The van der Waals surface area contributed by atoms with Crippen LogP contribution in [-0.2, 0) is 13.2 Å². The summed E-state index contributed by atoms with van der Waals surface area (Å²) >= 11 is 3.41. The molecule has 106 valence electrons. The molecule has 0 aliphatic heterocycles. The number of halogens is 1. The molecule has 0 saturated heterocycles. The first-order chi connectivity index (χ1) is 9.63. The molecule has 4 heteroatoms. The van der Waals surface area contributed by atoms with E-state index in [-0.39, 0.29) is 6.61 Å². The lowest BCUT2D eigenvalue weighted by atomic mass is 10.1. The van der Waals surface area contributed by atoms with E-state index in [1.54, 1.807) is 13.2 Å². The maximum absolute atomic E-state index is 9.24. The molecule has 2 aromatic rings. The largest absolute Gasteiger partial charge is 0.493 e. The van der Waals surface area contributed by atoms with Crippen LogP contribution in [0.4, 0.5) is 0 Å². The third-order valence-corrected chi connectivity index (χ3v) is 3.72. The Morgan fingerprint density at radius 2 is 1.95 bits per heavy atom. The van der Waals surface area contributed by atoms with Crippen molar-refractivity contribution in [1.29, 1.82) is 0 Å². The van der Waals surface area contributed by atoms with E-state index in [2.05, 4.69) is 35.0 Å². The van der Waals surface area contributed by atoms with Crippen LogP contribution in [0.15, 0.2) is 40.9 Å². The van der Waals surface area contributed by atoms with Crippen molar-refractivity contribution in [2.45, 2.75) is 20.1 Å². The van der Waals surface area contributed by atoms with Gasteiger partial charge in [0.15, 0.2) is 11.5 Å². The Hall–Kier alpha value is -1.52. The molecule has 1 N–H and O–H groups in total. The summed E-state index contributed by atoms with van der Waals surface area (Å²) in [5.74, 6) is 1.27. The van der Waals surface area contributed by atoms with Crippen LogP contribution in [0.25, 0.3) is 0 Å². The van der Waals surface area contributed by atoms with Crippen molar-refractivity contribution in [3.05, 3.63) is 57.6 Å². The van der Waals surface area contributed by atoms with Gasteiger partial charge >= 0.3 is 0 Å². The summed E-state index contributed by atoms with van der Waals surface area (Å²) in [4.78, 5) is 0. The molecule has 0 unspecified atom stereocenters. The van der Waals surface area contributed by atoms with Crippen molar-refractivity contribution in [3.8, 4) is 11.5 Å². The Bertz CT molecular complexity index is 596. The van der Waals surface area contributed by atoms with Crippen LogP contribution in [0, 0.1) is 6.92 Å². The number of methoxy groups -OCH3 is 1. The Kier molecular flexibility index (Phi) is 5.04. The smallest absolute Gasteiger partial charge is 0.162 e. The average Bonchev–Trinajstić information content (AvgIpc) is 2.45. The van der Waals surface area contributed by atoms with Crippen LogP contribution in [0.3, 0.4) is 0 Å². The fourth-order valence-electron chi connectivity index (χ4n) is 1.93. The highest BCUT2D eigenvalue weighted by Crippen LogP contribution is 2.34. The zero-order valence-electron chi connectivity index (χ0n) is 11.5. The monoisotopic (exact) mass is 336 g/mol. The average molecular weight is 337 g/mol. The Morgan fingerprint density at radius 3 is 2.60 bits per heavy atom. The van der Waals surface area contributed by atoms with Crippen LogP contribution < -0.4 is 9.47 Å². The lowest BCUT2D eigenvalue weighted by Crippen LogP contribution is -1.99. The summed E-state index contributed by atoms with van der Waals surface area (Å²) in [6, 6.07) is 11.8. The number of aryl methyl sites for hydroxylation is 1. The van der Waals surface area contributed by atoms with E-state index in [4.69, 9.17) is 9.47 Å². The van der Waals surface area contributed by atoms with E-state index in [1.807, 2.05) is 18.2 Å². The number of aliphatic hydroxyl groups is 1. The molecule has 0 saturated carbocycles. The number of aliphatic hydroxyl groups excluding tert-OH is 1. The van der Waals surface area contributed by atoms with Crippen molar-refractivity contribution in [2.75, 3.05) is 7.11 Å². The summed E-state index contributed by atoms with van der Waals surface area (Å²) in [5.41, 5.74) is 3.08. The zero-order chi connectivity index (χ0) is 14.5. The van der Waals surface area contributed by atoms with E-state index in [9.17, 15) is 5.11 Å².